The van der Waals surface area contributed by atoms with E-state index in [0.717, 1.165) is 5.56 Å². The Labute approximate surface area is 144 Å². The molecule has 1 heterocycles. The second kappa shape index (κ2) is 6.72. The van der Waals surface area contributed by atoms with Crippen LogP contribution in [0.15, 0.2) is 65.1 Å². The number of carbonyl (C=O) groups is 2. The molecule has 0 aliphatic heterocycles. The molecule has 0 aliphatic carbocycles. The number of hydrogen-bond donors (Lipinski definition) is 1. The van der Waals surface area contributed by atoms with Crippen LogP contribution in [0.5, 0.6) is 0 Å². The summed E-state index contributed by atoms with van der Waals surface area (Å²) in [6.45, 7) is 1.48. The summed E-state index contributed by atoms with van der Waals surface area (Å²) in [6, 6.07) is 17.2. The Morgan fingerprint density at radius 1 is 1.00 bits per heavy atom. The third-order valence-corrected chi connectivity index (χ3v) is 3.74. The molecular weight excluding hydrogens is 326 g/mol. The monoisotopic (exact) mass is 339 g/mol. The van der Waals surface area contributed by atoms with Gasteiger partial charge in [0.1, 0.15) is 5.76 Å². The molecule has 0 saturated heterocycles. The summed E-state index contributed by atoms with van der Waals surface area (Å²) in [6.07, 6.45) is 0. The molecule has 1 N–H and O–H groups in total. The Morgan fingerprint density at radius 2 is 1.75 bits per heavy atom. The van der Waals surface area contributed by atoms with Gasteiger partial charge in [0.05, 0.1) is 0 Å². The summed E-state index contributed by atoms with van der Waals surface area (Å²) in [4.78, 5) is 23.7. The van der Waals surface area contributed by atoms with Gasteiger partial charge in [-0.25, -0.2) is 0 Å². The second-order valence-electron chi connectivity index (χ2n) is 5.26. The van der Waals surface area contributed by atoms with Crippen LogP contribution in [0.2, 0.25) is 5.02 Å². The fourth-order valence-corrected chi connectivity index (χ4v) is 2.36. The lowest BCUT2D eigenvalue weighted by molar-refractivity contribution is 0.0992. The van der Waals surface area contributed by atoms with Gasteiger partial charge in [-0.05, 0) is 55.5 Å². The molecule has 3 rings (SSSR count). The van der Waals surface area contributed by atoms with Crippen molar-refractivity contribution in [3.05, 3.63) is 77.0 Å². The number of halogens is 1. The summed E-state index contributed by atoms with van der Waals surface area (Å²) >= 11 is 5.86. The maximum atomic E-state index is 12.3. The molecule has 3 aromatic rings. The van der Waals surface area contributed by atoms with Gasteiger partial charge in [0, 0.05) is 21.8 Å². The van der Waals surface area contributed by atoms with Gasteiger partial charge in [0.15, 0.2) is 11.5 Å². The van der Waals surface area contributed by atoms with Crippen molar-refractivity contribution >= 4 is 29.0 Å². The molecule has 2 aromatic carbocycles. The number of benzene rings is 2. The van der Waals surface area contributed by atoms with Crippen LogP contribution in [0.1, 0.15) is 27.8 Å². The number of rotatable bonds is 4. The quantitative estimate of drug-likeness (QED) is 0.676. The van der Waals surface area contributed by atoms with Gasteiger partial charge in [0.25, 0.3) is 5.91 Å². The molecule has 0 radical (unpaired) electrons. The van der Waals surface area contributed by atoms with E-state index in [-0.39, 0.29) is 17.5 Å². The first-order valence-electron chi connectivity index (χ1n) is 7.31. The minimum absolute atomic E-state index is 0.0610. The number of nitrogens with one attached hydrogen (secondary N) is 1. The first-order valence-corrected chi connectivity index (χ1v) is 7.69. The van der Waals surface area contributed by atoms with Crippen LogP contribution in [0.4, 0.5) is 5.69 Å². The van der Waals surface area contributed by atoms with Gasteiger partial charge in [-0.1, -0.05) is 23.7 Å². The van der Waals surface area contributed by atoms with Crippen LogP contribution in [0, 0.1) is 0 Å². The molecule has 1 amide bonds. The Hall–Kier alpha value is -2.85. The smallest absolute Gasteiger partial charge is 0.291 e. The molecule has 0 aliphatic rings. The lowest BCUT2D eigenvalue weighted by atomic mass is 10.1. The van der Waals surface area contributed by atoms with Crippen molar-refractivity contribution in [2.75, 3.05) is 5.32 Å². The minimum atomic E-state index is -0.379. The number of amides is 1. The third-order valence-electron chi connectivity index (χ3n) is 3.49. The van der Waals surface area contributed by atoms with Gasteiger partial charge in [-0.2, -0.15) is 0 Å². The van der Waals surface area contributed by atoms with Crippen molar-refractivity contribution in [3.63, 3.8) is 0 Å². The second-order valence-corrected chi connectivity index (χ2v) is 5.70. The summed E-state index contributed by atoms with van der Waals surface area (Å²) < 4.78 is 5.60. The highest BCUT2D eigenvalue weighted by molar-refractivity contribution is 6.30. The van der Waals surface area contributed by atoms with Crippen LogP contribution in [-0.4, -0.2) is 11.7 Å². The lowest BCUT2D eigenvalue weighted by Gasteiger charge is -2.04. The van der Waals surface area contributed by atoms with Crippen LogP contribution >= 0.6 is 11.6 Å². The summed E-state index contributed by atoms with van der Waals surface area (Å²) in [5.41, 5.74) is 1.91. The van der Waals surface area contributed by atoms with Crippen LogP contribution in [0.25, 0.3) is 11.3 Å². The molecule has 4 nitrogen and oxygen atoms in total. The highest BCUT2D eigenvalue weighted by atomic mass is 35.5. The van der Waals surface area contributed by atoms with Crippen molar-refractivity contribution < 1.29 is 14.0 Å². The SMILES string of the molecule is CC(=O)c1cccc(NC(=O)c2ccc(-c3ccc(Cl)cc3)o2)c1. The summed E-state index contributed by atoms with van der Waals surface area (Å²) in [5, 5.41) is 3.35. The zero-order chi connectivity index (χ0) is 17.1. The average molecular weight is 340 g/mol. The Kier molecular flexibility index (Phi) is 4.49. The number of ketones is 1. The predicted octanol–water partition coefficient (Wildman–Crippen LogP) is 5.05. The first-order chi connectivity index (χ1) is 11.5. The number of furan rings is 1. The van der Waals surface area contributed by atoms with Crippen molar-refractivity contribution in [2.45, 2.75) is 6.92 Å². The van der Waals surface area contributed by atoms with E-state index in [4.69, 9.17) is 16.0 Å². The topological polar surface area (TPSA) is 59.3 Å². The summed E-state index contributed by atoms with van der Waals surface area (Å²) in [5.74, 6) is 0.326. The molecule has 1 aromatic heterocycles. The normalized spacial score (nSPS) is 10.4. The maximum absolute atomic E-state index is 12.3. The highest BCUT2D eigenvalue weighted by Gasteiger charge is 2.13. The standard InChI is InChI=1S/C19H14ClNO3/c1-12(22)14-3-2-4-16(11-14)21-19(23)18-10-9-17(24-18)13-5-7-15(20)8-6-13/h2-11H,1H3,(H,21,23). The van der Waals surface area contributed by atoms with E-state index < -0.39 is 0 Å². The lowest BCUT2D eigenvalue weighted by Crippen LogP contribution is -2.11. The molecule has 0 bridgehead atoms. The third kappa shape index (κ3) is 3.55. The number of Topliss-reactive ketones (excluding diaryl/α,β-unsaturated/α-hetero) is 1. The number of anilines is 1. The zero-order valence-electron chi connectivity index (χ0n) is 12.9. The fourth-order valence-electron chi connectivity index (χ4n) is 2.24. The molecular formula is C19H14ClNO3. The molecule has 0 unspecified atom stereocenters. The van der Waals surface area contributed by atoms with E-state index in [2.05, 4.69) is 5.32 Å². The van der Waals surface area contributed by atoms with Gasteiger partial charge in [-0.3, -0.25) is 9.59 Å². The van der Waals surface area contributed by atoms with Gasteiger partial charge < -0.3 is 9.73 Å². The molecule has 24 heavy (non-hydrogen) atoms. The van der Waals surface area contributed by atoms with E-state index in [1.54, 1.807) is 48.5 Å². The molecule has 5 heteroatoms. The fraction of sp³-hybridized carbons (Fsp3) is 0.0526. The molecule has 0 fully saturated rings. The highest BCUT2D eigenvalue weighted by Crippen LogP contribution is 2.24. The van der Waals surface area contributed by atoms with E-state index in [1.165, 1.54) is 6.92 Å². The molecule has 120 valence electrons. The van der Waals surface area contributed by atoms with Gasteiger partial charge >= 0.3 is 0 Å². The van der Waals surface area contributed by atoms with Gasteiger partial charge in [-0.15, -0.1) is 0 Å². The van der Waals surface area contributed by atoms with Crippen molar-refractivity contribution in [1.82, 2.24) is 0 Å². The van der Waals surface area contributed by atoms with Crippen molar-refractivity contribution in [3.8, 4) is 11.3 Å². The van der Waals surface area contributed by atoms with Crippen molar-refractivity contribution in [1.29, 1.82) is 0 Å². The van der Waals surface area contributed by atoms with E-state index in [1.807, 2.05) is 12.1 Å². The Bertz CT molecular complexity index is 897. The number of carbonyl (C=O) groups excluding carboxylic acids is 2. The Balaban J connectivity index is 1.77. The molecule has 0 spiro atoms. The average Bonchev–Trinajstić information content (AvgIpc) is 3.06. The Morgan fingerprint density at radius 3 is 2.46 bits per heavy atom. The van der Waals surface area contributed by atoms with Crippen LogP contribution in [-0.2, 0) is 0 Å². The zero-order valence-corrected chi connectivity index (χ0v) is 13.6. The largest absolute Gasteiger partial charge is 0.451 e. The van der Waals surface area contributed by atoms with E-state index in [9.17, 15) is 9.59 Å². The van der Waals surface area contributed by atoms with E-state index in [0.29, 0.717) is 22.0 Å². The van der Waals surface area contributed by atoms with E-state index >= 15 is 0 Å². The van der Waals surface area contributed by atoms with Crippen LogP contribution < -0.4 is 5.32 Å². The number of hydrogen-bond acceptors (Lipinski definition) is 3. The molecule has 0 saturated carbocycles. The maximum Gasteiger partial charge on any atom is 0.291 e. The van der Waals surface area contributed by atoms with Crippen molar-refractivity contribution in [2.24, 2.45) is 0 Å². The van der Waals surface area contributed by atoms with Gasteiger partial charge in [0.2, 0.25) is 0 Å². The molecule has 0 atom stereocenters. The summed E-state index contributed by atoms with van der Waals surface area (Å²) in [7, 11) is 0. The minimum Gasteiger partial charge on any atom is -0.451 e. The van der Waals surface area contributed by atoms with Crippen LogP contribution in [0.3, 0.4) is 0 Å². The first kappa shape index (κ1) is 16.0. The predicted molar refractivity (Wildman–Crippen MR) is 93.6 cm³/mol.